The number of nitrogens with zero attached hydrogens (tertiary/aromatic N) is 4. The number of rotatable bonds is 6. The van der Waals surface area contributed by atoms with Crippen LogP contribution in [0.2, 0.25) is 0 Å². The Morgan fingerprint density at radius 2 is 2.06 bits per heavy atom. The van der Waals surface area contributed by atoms with Crippen LogP contribution in [0.3, 0.4) is 0 Å². The second kappa shape index (κ2) is 9.00. The minimum atomic E-state index is -0.129. The maximum Gasteiger partial charge on any atom is 0.241 e. The molecular formula is C25H24N6O3. The van der Waals surface area contributed by atoms with Crippen molar-refractivity contribution in [3.8, 4) is 17.6 Å². The van der Waals surface area contributed by atoms with Crippen LogP contribution in [0, 0.1) is 25.2 Å². The summed E-state index contributed by atoms with van der Waals surface area (Å²) in [5.41, 5.74) is 3.62. The molecule has 34 heavy (non-hydrogen) atoms. The number of nitrogens with one attached hydrogen (secondary N) is 2. The Hall–Kier alpha value is -4.16. The summed E-state index contributed by atoms with van der Waals surface area (Å²) < 4.78 is 13.0. The van der Waals surface area contributed by atoms with E-state index in [4.69, 9.17) is 9.26 Å². The van der Waals surface area contributed by atoms with Crippen LogP contribution in [-0.4, -0.2) is 33.4 Å². The van der Waals surface area contributed by atoms with Crippen molar-refractivity contribution in [1.82, 2.24) is 20.3 Å². The number of carbonyl (C=O) groups is 1. The molecule has 2 N–H and O–H groups in total. The lowest BCUT2D eigenvalue weighted by Gasteiger charge is -2.12. The molecule has 1 atom stereocenters. The SMILES string of the molecule is Cc1noc(C)c1Cn1nc(C#N)c2cc(Oc3ccc(NC(=O)[C@@H]4CCCN4)cc3)ccc21. The first-order valence-corrected chi connectivity index (χ1v) is 11.2. The summed E-state index contributed by atoms with van der Waals surface area (Å²) in [5.74, 6) is 1.93. The lowest BCUT2D eigenvalue weighted by atomic mass is 10.2. The van der Waals surface area contributed by atoms with Crippen LogP contribution in [0.1, 0.15) is 35.6 Å². The Kier molecular flexibility index (Phi) is 5.74. The highest BCUT2D eigenvalue weighted by atomic mass is 16.5. The molecule has 1 aliphatic heterocycles. The minimum absolute atomic E-state index is 0.0192. The maximum absolute atomic E-state index is 12.3. The molecular weight excluding hydrogens is 432 g/mol. The second-order valence-corrected chi connectivity index (χ2v) is 8.36. The monoisotopic (exact) mass is 456 g/mol. The van der Waals surface area contributed by atoms with E-state index in [1.165, 1.54) is 0 Å². The molecule has 3 heterocycles. The number of carbonyl (C=O) groups excluding carboxylic acids is 1. The van der Waals surface area contributed by atoms with Crippen molar-refractivity contribution >= 4 is 22.5 Å². The van der Waals surface area contributed by atoms with E-state index in [0.29, 0.717) is 34.8 Å². The van der Waals surface area contributed by atoms with Gasteiger partial charge in [0.2, 0.25) is 5.91 Å². The molecule has 2 aromatic heterocycles. The van der Waals surface area contributed by atoms with Gasteiger partial charge in [0, 0.05) is 16.6 Å². The average Bonchev–Trinajstić information content (AvgIpc) is 3.57. The third-order valence-electron chi connectivity index (χ3n) is 6.05. The zero-order valence-corrected chi connectivity index (χ0v) is 19.0. The van der Waals surface area contributed by atoms with Crippen molar-refractivity contribution in [3.05, 3.63) is 65.2 Å². The molecule has 0 saturated carbocycles. The van der Waals surface area contributed by atoms with Gasteiger partial charge in [-0.1, -0.05) is 5.16 Å². The predicted molar refractivity (Wildman–Crippen MR) is 126 cm³/mol. The Labute approximate surface area is 196 Å². The number of amides is 1. The predicted octanol–water partition coefficient (Wildman–Crippen LogP) is 4.04. The zero-order valence-electron chi connectivity index (χ0n) is 19.0. The van der Waals surface area contributed by atoms with Gasteiger partial charge in [-0.05, 0) is 75.7 Å². The van der Waals surface area contributed by atoms with Gasteiger partial charge in [-0.2, -0.15) is 10.4 Å². The maximum atomic E-state index is 12.3. The average molecular weight is 457 g/mol. The summed E-state index contributed by atoms with van der Waals surface area (Å²) in [5, 5.41) is 24.9. The van der Waals surface area contributed by atoms with Crippen LogP contribution in [0.5, 0.6) is 11.5 Å². The van der Waals surface area contributed by atoms with E-state index < -0.39 is 0 Å². The number of anilines is 1. The smallest absolute Gasteiger partial charge is 0.241 e. The highest BCUT2D eigenvalue weighted by molar-refractivity contribution is 5.95. The Morgan fingerprint density at radius 1 is 1.26 bits per heavy atom. The van der Waals surface area contributed by atoms with Crippen LogP contribution < -0.4 is 15.4 Å². The molecule has 0 unspecified atom stereocenters. The largest absolute Gasteiger partial charge is 0.457 e. The molecule has 0 bridgehead atoms. The van der Waals surface area contributed by atoms with Crippen LogP contribution in [-0.2, 0) is 11.3 Å². The fourth-order valence-corrected chi connectivity index (χ4v) is 4.18. The summed E-state index contributed by atoms with van der Waals surface area (Å²) in [6.07, 6.45) is 1.87. The lowest BCUT2D eigenvalue weighted by Crippen LogP contribution is -2.35. The van der Waals surface area contributed by atoms with Crippen LogP contribution in [0.15, 0.2) is 47.0 Å². The summed E-state index contributed by atoms with van der Waals surface area (Å²) in [7, 11) is 0. The molecule has 9 heteroatoms. The van der Waals surface area contributed by atoms with E-state index in [9.17, 15) is 10.1 Å². The number of aromatic nitrogens is 3. The Bertz CT molecular complexity index is 1370. The first-order valence-electron chi connectivity index (χ1n) is 11.2. The van der Waals surface area contributed by atoms with E-state index in [1.807, 2.05) is 44.2 Å². The zero-order chi connectivity index (χ0) is 23.7. The van der Waals surface area contributed by atoms with Gasteiger partial charge in [0.25, 0.3) is 0 Å². The third-order valence-corrected chi connectivity index (χ3v) is 6.05. The standard InChI is InChI=1S/C25H24N6O3/c1-15-21(16(2)34-30-15)14-31-24-10-9-19(12-20(24)23(13-26)29-31)33-18-7-5-17(6-8-18)28-25(32)22-4-3-11-27-22/h5-10,12,22,27H,3-4,11,14H2,1-2H3,(H,28,32)/t22-/m0/s1. The van der Waals surface area contributed by atoms with Gasteiger partial charge < -0.3 is 19.9 Å². The lowest BCUT2D eigenvalue weighted by molar-refractivity contribution is -0.117. The van der Waals surface area contributed by atoms with Gasteiger partial charge in [0.15, 0.2) is 5.69 Å². The van der Waals surface area contributed by atoms with Gasteiger partial charge in [-0.15, -0.1) is 0 Å². The molecule has 9 nitrogen and oxygen atoms in total. The summed E-state index contributed by atoms with van der Waals surface area (Å²) in [4.78, 5) is 12.3. The van der Waals surface area contributed by atoms with Crippen molar-refractivity contribution in [2.45, 2.75) is 39.3 Å². The molecule has 0 spiro atoms. The molecule has 1 aliphatic rings. The Morgan fingerprint density at radius 3 is 2.74 bits per heavy atom. The van der Waals surface area contributed by atoms with Crippen molar-refractivity contribution in [2.24, 2.45) is 0 Å². The van der Waals surface area contributed by atoms with Crippen molar-refractivity contribution in [2.75, 3.05) is 11.9 Å². The van der Waals surface area contributed by atoms with Crippen LogP contribution in [0.4, 0.5) is 5.69 Å². The summed E-state index contributed by atoms with van der Waals surface area (Å²) in [6.45, 7) is 5.09. The quantitative estimate of drug-likeness (QED) is 0.449. The topological polar surface area (TPSA) is 118 Å². The highest BCUT2D eigenvalue weighted by Gasteiger charge is 2.22. The normalized spacial score (nSPS) is 15.4. The molecule has 1 fully saturated rings. The van der Waals surface area contributed by atoms with E-state index in [1.54, 1.807) is 16.8 Å². The van der Waals surface area contributed by atoms with Gasteiger partial charge >= 0.3 is 0 Å². The number of fused-ring (bicyclic) bond motifs is 1. The van der Waals surface area contributed by atoms with Crippen molar-refractivity contribution in [3.63, 3.8) is 0 Å². The number of ether oxygens (including phenoxy) is 1. The fourth-order valence-electron chi connectivity index (χ4n) is 4.18. The first kappa shape index (κ1) is 21.7. The van der Waals surface area contributed by atoms with Crippen molar-refractivity contribution < 1.29 is 14.1 Å². The second-order valence-electron chi connectivity index (χ2n) is 8.36. The number of hydrogen-bond donors (Lipinski definition) is 2. The van der Waals surface area contributed by atoms with E-state index in [2.05, 4.69) is 27.0 Å². The Balaban J connectivity index is 1.33. The van der Waals surface area contributed by atoms with Gasteiger partial charge in [0.05, 0.1) is 23.8 Å². The van der Waals surface area contributed by atoms with E-state index >= 15 is 0 Å². The van der Waals surface area contributed by atoms with Gasteiger partial charge in [-0.25, -0.2) is 0 Å². The number of benzene rings is 2. The minimum Gasteiger partial charge on any atom is -0.457 e. The molecule has 172 valence electrons. The van der Waals surface area contributed by atoms with Gasteiger partial charge in [-0.3, -0.25) is 9.48 Å². The highest BCUT2D eigenvalue weighted by Crippen LogP contribution is 2.29. The molecule has 4 aromatic rings. The third kappa shape index (κ3) is 4.23. The molecule has 0 radical (unpaired) electrons. The molecule has 0 aliphatic carbocycles. The molecule has 5 rings (SSSR count). The van der Waals surface area contributed by atoms with E-state index in [0.717, 1.165) is 41.9 Å². The number of hydrogen-bond acceptors (Lipinski definition) is 7. The molecule has 1 amide bonds. The fraction of sp³-hybridized carbons (Fsp3) is 0.280. The number of aryl methyl sites for hydroxylation is 2. The molecule has 1 saturated heterocycles. The van der Waals surface area contributed by atoms with Crippen molar-refractivity contribution in [1.29, 1.82) is 5.26 Å². The number of nitriles is 1. The van der Waals surface area contributed by atoms with Crippen LogP contribution >= 0.6 is 0 Å². The molecule has 2 aromatic carbocycles. The summed E-state index contributed by atoms with van der Waals surface area (Å²) >= 11 is 0. The summed E-state index contributed by atoms with van der Waals surface area (Å²) in [6, 6.07) is 14.8. The van der Waals surface area contributed by atoms with Crippen LogP contribution in [0.25, 0.3) is 10.9 Å². The van der Waals surface area contributed by atoms with E-state index in [-0.39, 0.29) is 11.9 Å². The van der Waals surface area contributed by atoms with Gasteiger partial charge in [0.1, 0.15) is 23.3 Å². The first-order chi connectivity index (χ1) is 16.5.